The molecule has 0 atom stereocenters. The van der Waals surface area contributed by atoms with Crippen molar-refractivity contribution in [3.8, 4) is 0 Å². The number of hydrogen-bond donors (Lipinski definition) is 2. The third-order valence-corrected chi connectivity index (χ3v) is 4.43. The van der Waals surface area contributed by atoms with Crippen molar-refractivity contribution in [1.82, 2.24) is 14.5 Å². The number of aryl methyl sites for hydroxylation is 1. The van der Waals surface area contributed by atoms with Crippen LogP contribution in [0.25, 0.3) is 11.2 Å². The normalized spacial score (nSPS) is 15.0. The Labute approximate surface area is 143 Å². The molecular formula is C18H28N4O2. The number of aromatic nitrogens is 3. The monoisotopic (exact) mass is 332 g/mol. The van der Waals surface area contributed by atoms with Crippen LogP contribution in [0, 0.1) is 12.3 Å². The summed E-state index contributed by atoms with van der Waals surface area (Å²) in [5.41, 5.74) is 2.15. The van der Waals surface area contributed by atoms with Crippen molar-refractivity contribution in [3.63, 3.8) is 0 Å². The topological polar surface area (TPSA) is 80.0 Å². The second-order valence-corrected chi connectivity index (χ2v) is 7.23. The van der Waals surface area contributed by atoms with Gasteiger partial charge in [0.2, 0.25) is 11.9 Å². The van der Waals surface area contributed by atoms with Crippen molar-refractivity contribution in [2.24, 2.45) is 5.41 Å². The molecule has 24 heavy (non-hydrogen) atoms. The van der Waals surface area contributed by atoms with E-state index in [-0.39, 0.29) is 26.4 Å². The smallest absolute Gasteiger partial charge is 0.227 e. The summed E-state index contributed by atoms with van der Waals surface area (Å²) in [6, 6.07) is 4.23. The van der Waals surface area contributed by atoms with Gasteiger partial charge in [-0.3, -0.25) is 14.7 Å². The van der Waals surface area contributed by atoms with Crippen LogP contribution in [0.2, 0.25) is 0 Å². The number of nitrogens with one attached hydrogen (secondary N) is 1. The van der Waals surface area contributed by atoms with E-state index in [4.69, 9.17) is 0 Å². The molecule has 0 aromatic carbocycles. The summed E-state index contributed by atoms with van der Waals surface area (Å²) in [5.74, 6) is 0.443. The molecule has 1 fully saturated rings. The second kappa shape index (κ2) is 6.89. The summed E-state index contributed by atoms with van der Waals surface area (Å²) in [6.45, 7) is 5.67. The molecule has 6 heteroatoms. The number of anilines is 1. The predicted octanol–water partition coefficient (Wildman–Crippen LogP) is 3.45. The molecule has 0 aliphatic heterocycles. The number of carbonyl (C=O) groups is 1. The lowest BCUT2D eigenvalue weighted by atomic mass is 9.90. The van der Waals surface area contributed by atoms with Gasteiger partial charge in [0.1, 0.15) is 5.52 Å². The SMILES string of the molecule is C.Cc1ccc2nc(NC(=O)CC(C)(C)CO)n(C3CCC3)c2n1. The van der Waals surface area contributed by atoms with Gasteiger partial charge in [-0.2, -0.15) is 0 Å². The fourth-order valence-corrected chi connectivity index (χ4v) is 2.81. The van der Waals surface area contributed by atoms with Crippen molar-refractivity contribution >= 4 is 23.0 Å². The Hall–Kier alpha value is -1.95. The maximum Gasteiger partial charge on any atom is 0.227 e. The molecule has 2 aromatic heterocycles. The standard InChI is InChI=1S/C17H24N4O2.CH4/c1-11-7-8-13-15(18-11)21(12-5-4-6-12)16(19-13)20-14(23)9-17(2,3)10-22;/h7-8,12,22H,4-6,9-10H2,1-3H3,(H,19,20,23);1H4. The molecule has 132 valence electrons. The average Bonchev–Trinajstić information content (AvgIpc) is 2.74. The maximum atomic E-state index is 12.3. The lowest BCUT2D eigenvalue weighted by Gasteiger charge is -2.29. The molecule has 0 saturated heterocycles. The molecule has 2 N–H and O–H groups in total. The van der Waals surface area contributed by atoms with Crippen molar-refractivity contribution in [2.45, 2.75) is 59.9 Å². The Morgan fingerprint density at radius 1 is 1.38 bits per heavy atom. The summed E-state index contributed by atoms with van der Waals surface area (Å²) in [6.07, 6.45) is 3.63. The largest absolute Gasteiger partial charge is 0.396 e. The van der Waals surface area contributed by atoms with Crippen LogP contribution in [0.15, 0.2) is 12.1 Å². The molecule has 0 bridgehead atoms. The zero-order valence-corrected chi connectivity index (χ0v) is 14.0. The van der Waals surface area contributed by atoms with Gasteiger partial charge >= 0.3 is 0 Å². The Morgan fingerprint density at radius 2 is 2.08 bits per heavy atom. The molecule has 0 radical (unpaired) electrons. The molecule has 1 aliphatic rings. The quantitative estimate of drug-likeness (QED) is 0.879. The van der Waals surface area contributed by atoms with Crippen molar-refractivity contribution in [2.75, 3.05) is 11.9 Å². The van der Waals surface area contributed by atoms with Gasteiger partial charge in [-0.15, -0.1) is 0 Å². The molecule has 2 heterocycles. The lowest BCUT2D eigenvalue weighted by molar-refractivity contribution is -0.118. The highest BCUT2D eigenvalue weighted by Crippen LogP contribution is 2.36. The summed E-state index contributed by atoms with van der Waals surface area (Å²) in [7, 11) is 0. The van der Waals surface area contributed by atoms with Crippen LogP contribution in [0.3, 0.4) is 0 Å². The number of pyridine rings is 1. The van der Waals surface area contributed by atoms with E-state index in [9.17, 15) is 9.90 Å². The summed E-state index contributed by atoms with van der Waals surface area (Å²) in [5, 5.41) is 12.3. The number of imidazole rings is 1. The van der Waals surface area contributed by atoms with E-state index >= 15 is 0 Å². The van der Waals surface area contributed by atoms with Crippen LogP contribution < -0.4 is 5.32 Å². The van der Waals surface area contributed by atoms with Gasteiger partial charge in [0, 0.05) is 24.8 Å². The number of carbonyl (C=O) groups excluding carboxylic acids is 1. The maximum absolute atomic E-state index is 12.3. The number of amides is 1. The minimum absolute atomic E-state index is 0. The van der Waals surface area contributed by atoms with E-state index in [0.717, 1.165) is 29.7 Å². The fraction of sp³-hybridized carbons (Fsp3) is 0.611. The third-order valence-electron chi connectivity index (χ3n) is 4.43. The minimum atomic E-state index is -0.438. The molecular weight excluding hydrogens is 304 g/mol. The number of rotatable bonds is 5. The van der Waals surface area contributed by atoms with E-state index in [1.54, 1.807) is 0 Å². The first kappa shape index (κ1) is 18.4. The first-order valence-corrected chi connectivity index (χ1v) is 8.16. The number of fused-ring (bicyclic) bond motifs is 1. The Morgan fingerprint density at radius 3 is 2.67 bits per heavy atom. The van der Waals surface area contributed by atoms with Gasteiger partial charge in [0.25, 0.3) is 0 Å². The highest BCUT2D eigenvalue weighted by Gasteiger charge is 2.27. The zero-order chi connectivity index (χ0) is 16.6. The predicted molar refractivity (Wildman–Crippen MR) is 96.0 cm³/mol. The number of aliphatic hydroxyl groups excluding tert-OH is 1. The molecule has 0 unspecified atom stereocenters. The summed E-state index contributed by atoms with van der Waals surface area (Å²) in [4.78, 5) is 21.5. The lowest BCUT2D eigenvalue weighted by Crippen LogP contribution is -2.27. The van der Waals surface area contributed by atoms with Crippen LogP contribution in [-0.2, 0) is 4.79 Å². The van der Waals surface area contributed by atoms with Gasteiger partial charge in [-0.05, 0) is 43.7 Å². The Balaban J connectivity index is 0.00000208. The zero-order valence-electron chi connectivity index (χ0n) is 14.0. The third kappa shape index (κ3) is 3.59. The van der Waals surface area contributed by atoms with Crippen LogP contribution in [0.1, 0.15) is 58.7 Å². The van der Waals surface area contributed by atoms with Crippen molar-refractivity contribution < 1.29 is 9.90 Å². The fourth-order valence-electron chi connectivity index (χ4n) is 2.81. The molecule has 6 nitrogen and oxygen atoms in total. The molecule has 2 aromatic rings. The van der Waals surface area contributed by atoms with E-state index in [2.05, 4.69) is 19.9 Å². The minimum Gasteiger partial charge on any atom is -0.396 e. The summed E-state index contributed by atoms with van der Waals surface area (Å²) < 4.78 is 2.07. The van der Waals surface area contributed by atoms with Gasteiger partial charge in [0.05, 0.1) is 0 Å². The number of hydrogen-bond acceptors (Lipinski definition) is 4. The molecule has 1 aliphatic carbocycles. The number of nitrogens with zero attached hydrogens (tertiary/aromatic N) is 3. The van der Waals surface area contributed by atoms with E-state index in [1.807, 2.05) is 32.9 Å². The molecule has 1 amide bonds. The van der Waals surface area contributed by atoms with E-state index in [0.29, 0.717) is 12.0 Å². The van der Waals surface area contributed by atoms with Crippen molar-refractivity contribution in [1.29, 1.82) is 0 Å². The van der Waals surface area contributed by atoms with Crippen LogP contribution in [0.4, 0.5) is 5.95 Å². The average molecular weight is 332 g/mol. The molecule has 3 rings (SSSR count). The van der Waals surface area contributed by atoms with Crippen LogP contribution in [0.5, 0.6) is 0 Å². The second-order valence-electron chi connectivity index (χ2n) is 7.23. The first-order chi connectivity index (χ1) is 10.9. The van der Waals surface area contributed by atoms with Gasteiger partial charge in [-0.1, -0.05) is 21.3 Å². The van der Waals surface area contributed by atoms with E-state index in [1.165, 1.54) is 6.42 Å². The van der Waals surface area contributed by atoms with Gasteiger partial charge in [0.15, 0.2) is 5.65 Å². The highest BCUT2D eigenvalue weighted by atomic mass is 16.3. The Kier molecular flexibility index (Phi) is 5.28. The molecule has 1 saturated carbocycles. The Bertz CT molecular complexity index is 732. The van der Waals surface area contributed by atoms with Crippen LogP contribution in [-0.4, -0.2) is 32.2 Å². The molecule has 0 spiro atoms. The van der Waals surface area contributed by atoms with Gasteiger partial charge < -0.3 is 5.11 Å². The first-order valence-electron chi connectivity index (χ1n) is 8.16. The van der Waals surface area contributed by atoms with Gasteiger partial charge in [-0.25, -0.2) is 9.97 Å². The van der Waals surface area contributed by atoms with E-state index < -0.39 is 5.41 Å². The highest BCUT2D eigenvalue weighted by molar-refractivity contribution is 5.91. The summed E-state index contributed by atoms with van der Waals surface area (Å²) >= 11 is 0. The van der Waals surface area contributed by atoms with Crippen molar-refractivity contribution in [3.05, 3.63) is 17.8 Å². The number of aliphatic hydroxyl groups is 1. The van der Waals surface area contributed by atoms with Crippen LogP contribution >= 0.6 is 0 Å².